The van der Waals surface area contributed by atoms with Gasteiger partial charge in [0.1, 0.15) is 16.1 Å². The number of piperazine rings is 1. The largest absolute Gasteiger partial charge is 0.350 e. The first-order valence-corrected chi connectivity index (χ1v) is 15.1. The Labute approximate surface area is 207 Å². The first-order valence-electron chi connectivity index (χ1n) is 11.0. The van der Waals surface area contributed by atoms with E-state index in [0.29, 0.717) is 23.5 Å². The molecule has 1 amide bonds. The van der Waals surface area contributed by atoms with Gasteiger partial charge >= 0.3 is 0 Å². The lowest BCUT2D eigenvalue weighted by atomic mass is 10.2. The van der Waals surface area contributed by atoms with E-state index in [0.717, 1.165) is 39.0 Å². The summed E-state index contributed by atoms with van der Waals surface area (Å²) in [6.07, 6.45) is 2.66. The zero-order valence-corrected chi connectivity index (χ0v) is 21.4. The molecule has 10 nitrogen and oxygen atoms in total. The van der Waals surface area contributed by atoms with Crippen molar-refractivity contribution in [3.63, 3.8) is 0 Å². The van der Waals surface area contributed by atoms with E-state index in [4.69, 9.17) is 9.57 Å². The highest BCUT2D eigenvalue weighted by molar-refractivity contribution is 7.91. The van der Waals surface area contributed by atoms with Gasteiger partial charge in [0, 0.05) is 37.5 Å². The number of hydrogen-bond donors (Lipinski definition) is 1. The molecule has 2 aliphatic rings. The molecule has 0 spiro atoms. The Morgan fingerprint density at radius 2 is 1.97 bits per heavy atom. The number of amides is 1. The van der Waals surface area contributed by atoms with Crippen LogP contribution in [0, 0.1) is 5.82 Å². The molecule has 2 fully saturated rings. The molecule has 192 valence electrons. The van der Waals surface area contributed by atoms with E-state index in [1.165, 1.54) is 24.3 Å². The van der Waals surface area contributed by atoms with Crippen molar-refractivity contribution >= 4 is 37.3 Å². The number of nitrogens with one attached hydrogen (secondary N) is 1. The van der Waals surface area contributed by atoms with Crippen LogP contribution >= 0.6 is 11.3 Å². The van der Waals surface area contributed by atoms with Crippen LogP contribution in [0.25, 0.3) is 10.4 Å². The second-order valence-electron chi connectivity index (χ2n) is 8.26. The second-order valence-corrected chi connectivity index (χ2v) is 13.4. The maximum atomic E-state index is 13.6. The topological polar surface area (TPSA) is 122 Å². The van der Waals surface area contributed by atoms with Gasteiger partial charge in [0.25, 0.3) is 15.9 Å². The van der Waals surface area contributed by atoms with Gasteiger partial charge < -0.3 is 4.74 Å². The van der Waals surface area contributed by atoms with Gasteiger partial charge in [0.15, 0.2) is 6.29 Å². The number of carbonyl (C=O) groups is 1. The molecule has 35 heavy (non-hydrogen) atoms. The molecule has 0 aliphatic carbocycles. The predicted molar refractivity (Wildman–Crippen MR) is 127 cm³/mol. The Morgan fingerprint density at radius 1 is 1.17 bits per heavy atom. The smallest absolute Gasteiger partial charge is 0.263 e. The molecule has 2 atom stereocenters. The van der Waals surface area contributed by atoms with Gasteiger partial charge in [-0.25, -0.2) is 31.5 Å². The number of benzene rings is 1. The van der Waals surface area contributed by atoms with Crippen molar-refractivity contribution < 1.29 is 35.6 Å². The zero-order chi connectivity index (χ0) is 25.2. The fraction of sp³-hybridized carbons (Fsp3) is 0.476. The summed E-state index contributed by atoms with van der Waals surface area (Å²) in [5.74, 6) is -1.24. The third-order valence-electron chi connectivity index (χ3n) is 5.75. The highest BCUT2D eigenvalue weighted by atomic mass is 32.2. The van der Waals surface area contributed by atoms with Crippen molar-refractivity contribution in [2.24, 2.45) is 0 Å². The van der Waals surface area contributed by atoms with Crippen LogP contribution in [-0.2, 0) is 34.4 Å². The summed E-state index contributed by atoms with van der Waals surface area (Å²) in [5.41, 5.74) is 2.78. The van der Waals surface area contributed by atoms with Crippen molar-refractivity contribution in [2.45, 2.75) is 35.8 Å². The van der Waals surface area contributed by atoms with Gasteiger partial charge in [0.05, 0.1) is 6.26 Å². The second kappa shape index (κ2) is 10.6. The molecule has 4 rings (SSSR count). The van der Waals surface area contributed by atoms with Crippen LogP contribution in [0.15, 0.2) is 40.6 Å². The van der Waals surface area contributed by atoms with Crippen LogP contribution in [0.1, 0.15) is 19.3 Å². The van der Waals surface area contributed by atoms with Crippen LogP contribution in [0.2, 0.25) is 0 Å². The van der Waals surface area contributed by atoms with E-state index in [9.17, 15) is 26.0 Å². The van der Waals surface area contributed by atoms with Crippen molar-refractivity contribution in [3.8, 4) is 10.4 Å². The summed E-state index contributed by atoms with van der Waals surface area (Å²) in [7, 11) is -7.84. The minimum absolute atomic E-state index is 0.0427. The number of hydrogen-bond acceptors (Lipinski definition) is 8. The van der Waals surface area contributed by atoms with E-state index < -0.39 is 44.1 Å². The van der Waals surface area contributed by atoms with E-state index in [-0.39, 0.29) is 23.8 Å². The van der Waals surface area contributed by atoms with Crippen molar-refractivity contribution in [1.82, 2.24) is 14.1 Å². The van der Waals surface area contributed by atoms with Gasteiger partial charge in [-0.3, -0.25) is 4.79 Å². The van der Waals surface area contributed by atoms with Crippen LogP contribution in [0.5, 0.6) is 0 Å². The van der Waals surface area contributed by atoms with E-state index >= 15 is 0 Å². The predicted octanol–water partition coefficient (Wildman–Crippen LogP) is 1.76. The van der Waals surface area contributed by atoms with Gasteiger partial charge in [-0.1, -0.05) is 12.1 Å². The third kappa shape index (κ3) is 6.07. The summed E-state index contributed by atoms with van der Waals surface area (Å²) >= 11 is 0.940. The monoisotopic (exact) mass is 547 g/mol. The first kappa shape index (κ1) is 26.1. The highest BCUT2D eigenvalue weighted by Crippen LogP contribution is 2.34. The van der Waals surface area contributed by atoms with Crippen molar-refractivity contribution in [2.75, 3.05) is 32.5 Å². The normalized spacial score (nSPS) is 22.7. The molecule has 1 aromatic heterocycles. The van der Waals surface area contributed by atoms with Gasteiger partial charge in [-0.15, -0.1) is 11.3 Å². The molecular weight excluding hydrogens is 521 g/mol. The lowest BCUT2D eigenvalue weighted by Crippen LogP contribution is -2.61. The highest BCUT2D eigenvalue weighted by Gasteiger charge is 2.43. The Morgan fingerprint density at radius 3 is 2.66 bits per heavy atom. The lowest BCUT2D eigenvalue weighted by molar-refractivity contribution is -0.202. The molecule has 1 aromatic carbocycles. The molecule has 3 heterocycles. The molecule has 0 bridgehead atoms. The minimum atomic E-state index is -4.18. The summed E-state index contributed by atoms with van der Waals surface area (Å²) in [6.45, 7) is -0.198. The molecule has 1 N–H and O–H groups in total. The molecular formula is C21H26FN3O7S3. The summed E-state index contributed by atoms with van der Waals surface area (Å²) in [4.78, 5) is 18.9. The van der Waals surface area contributed by atoms with Gasteiger partial charge in [-0.2, -0.15) is 8.61 Å². The number of nitrogens with zero attached hydrogens (tertiary/aromatic N) is 2. The van der Waals surface area contributed by atoms with Crippen molar-refractivity contribution in [1.29, 1.82) is 0 Å². The Kier molecular flexibility index (Phi) is 7.90. The number of halogens is 1. The number of hydroxylamine groups is 1. The maximum absolute atomic E-state index is 13.6. The van der Waals surface area contributed by atoms with E-state index in [1.54, 1.807) is 12.1 Å². The van der Waals surface area contributed by atoms with E-state index in [1.807, 2.05) is 0 Å². The van der Waals surface area contributed by atoms with Crippen molar-refractivity contribution in [3.05, 3.63) is 42.2 Å². The number of carbonyl (C=O) groups excluding carboxylic acids is 1. The number of ether oxygens (including phenoxy) is 1. The molecule has 0 radical (unpaired) electrons. The first-order chi connectivity index (χ1) is 16.6. The molecule has 14 heteroatoms. The van der Waals surface area contributed by atoms with Crippen LogP contribution in [-0.4, -0.2) is 76.2 Å². The van der Waals surface area contributed by atoms with Gasteiger partial charge in [0.2, 0.25) is 10.0 Å². The minimum Gasteiger partial charge on any atom is -0.350 e. The SMILES string of the molecule is CS(=O)(=O)N1CCN(S(=O)(=O)c2ccc(-c3cccc(F)c3)s2)[C@@H](C(=O)NOC2CCCCO2)C1. The molecule has 2 aliphatic heterocycles. The van der Waals surface area contributed by atoms with Crippen LogP contribution in [0.3, 0.4) is 0 Å². The standard InChI is InChI=1S/C21H26FN3O7S3/c1-34(27,28)24-10-11-25(17(14-24)21(26)23-32-19-7-2-3-12-31-19)35(29,30)20-9-8-18(33-20)15-5-4-6-16(22)13-15/h4-6,8-9,13,17,19H,2-3,7,10-12,14H2,1H3,(H,23,26)/t17-,19?/m1/s1. The fourth-order valence-corrected chi connectivity index (χ4v) is 7.74. The quantitative estimate of drug-likeness (QED) is 0.524. The average Bonchev–Trinajstić information content (AvgIpc) is 3.34. The maximum Gasteiger partial charge on any atom is 0.263 e. The summed E-state index contributed by atoms with van der Waals surface area (Å²) in [6, 6.07) is 7.39. The van der Waals surface area contributed by atoms with Gasteiger partial charge in [-0.05, 0) is 42.7 Å². The molecule has 2 saturated heterocycles. The fourth-order valence-electron chi connectivity index (χ4n) is 3.91. The van der Waals surface area contributed by atoms with Crippen LogP contribution < -0.4 is 5.48 Å². The summed E-state index contributed by atoms with van der Waals surface area (Å²) < 4.78 is 72.3. The number of rotatable bonds is 7. The van der Waals surface area contributed by atoms with E-state index in [2.05, 4.69) is 5.48 Å². The average molecular weight is 548 g/mol. The number of sulfonamides is 2. The number of thiophene rings is 1. The lowest BCUT2D eigenvalue weighted by Gasteiger charge is -2.38. The zero-order valence-electron chi connectivity index (χ0n) is 18.9. The van der Waals surface area contributed by atoms with Crippen LogP contribution in [0.4, 0.5) is 4.39 Å². The summed E-state index contributed by atoms with van der Waals surface area (Å²) in [5, 5.41) is 0. The molecule has 0 saturated carbocycles. The third-order valence-corrected chi connectivity index (χ3v) is 10.5. The molecule has 1 unspecified atom stereocenters. The Hall–Kier alpha value is -1.94. The molecule has 2 aromatic rings. The Bertz CT molecular complexity index is 1280. The Balaban J connectivity index is 1.57.